The van der Waals surface area contributed by atoms with Crippen LogP contribution in [0.1, 0.15) is 39.5 Å². The van der Waals surface area contributed by atoms with Gasteiger partial charge in [0.05, 0.1) is 0 Å². The lowest BCUT2D eigenvalue weighted by atomic mass is 10.1. The van der Waals surface area contributed by atoms with E-state index in [0.29, 0.717) is 0 Å². The highest BCUT2D eigenvalue weighted by Crippen LogP contribution is 2.05. The molecule has 0 spiro atoms. The van der Waals surface area contributed by atoms with Crippen LogP contribution in [0.25, 0.3) is 0 Å². The van der Waals surface area contributed by atoms with Gasteiger partial charge in [0.2, 0.25) is 5.91 Å². The molecular weight excluding hydrogens is 162 g/mol. The molecule has 76 valence electrons. The van der Waals surface area contributed by atoms with Crippen LogP contribution < -0.4 is 5.32 Å². The zero-order valence-corrected chi connectivity index (χ0v) is 8.81. The number of hydrogen-bond donors (Lipinski definition) is 1. The maximum Gasteiger partial charge on any atom is 0.222 e. The monoisotopic (exact) mass is 183 g/mol. The number of amides is 1. The second-order valence-electron chi connectivity index (χ2n) is 3.41. The van der Waals surface area contributed by atoms with E-state index in [0.717, 1.165) is 32.2 Å². The summed E-state index contributed by atoms with van der Waals surface area (Å²) in [5.74, 6) is 0.296. The molecule has 0 aliphatic rings. The fraction of sp³-hybridized carbons (Fsp3) is 0.727. The zero-order valence-electron chi connectivity index (χ0n) is 8.81. The third kappa shape index (κ3) is 6.38. The minimum atomic E-state index is 0.120. The van der Waals surface area contributed by atoms with E-state index in [-0.39, 0.29) is 11.8 Å². The number of nitrogens with one attached hydrogen (secondary N) is 1. The molecule has 13 heavy (non-hydrogen) atoms. The Morgan fingerprint density at radius 3 is 2.85 bits per heavy atom. The number of carbonyl (C=O) groups excluding carboxylic acids is 1. The Balaban J connectivity index is 3.50. The number of hydrogen-bond acceptors (Lipinski definition) is 1. The molecule has 0 aliphatic heterocycles. The Morgan fingerprint density at radius 2 is 2.31 bits per heavy atom. The lowest BCUT2D eigenvalue weighted by Crippen LogP contribution is -2.29. The van der Waals surface area contributed by atoms with Crippen molar-refractivity contribution in [1.29, 1.82) is 0 Å². The molecule has 0 rings (SSSR count). The summed E-state index contributed by atoms with van der Waals surface area (Å²) in [4.78, 5) is 11.4. The molecule has 0 aromatic rings. The predicted octanol–water partition coefficient (Wildman–Crippen LogP) is 2.51. The second kappa shape index (κ2) is 7.84. The van der Waals surface area contributed by atoms with Gasteiger partial charge in [0, 0.05) is 12.5 Å². The first-order valence-electron chi connectivity index (χ1n) is 5.11. The SMILES string of the molecule is C=CCCC(C)C(=O)NCCCC. The number of carbonyl (C=O) groups is 1. The highest BCUT2D eigenvalue weighted by molar-refractivity contribution is 5.78. The molecular formula is C11H21NO. The standard InChI is InChI=1S/C11H21NO/c1-4-6-8-10(3)11(13)12-9-7-5-2/h4,10H,1,5-9H2,2-3H3,(H,12,13). The minimum absolute atomic E-state index is 0.120. The smallest absolute Gasteiger partial charge is 0.222 e. The highest BCUT2D eigenvalue weighted by atomic mass is 16.1. The average Bonchev–Trinajstić information content (AvgIpc) is 2.14. The highest BCUT2D eigenvalue weighted by Gasteiger charge is 2.10. The van der Waals surface area contributed by atoms with Crippen LogP contribution in [0.4, 0.5) is 0 Å². The fourth-order valence-electron chi connectivity index (χ4n) is 1.06. The first kappa shape index (κ1) is 12.2. The second-order valence-corrected chi connectivity index (χ2v) is 3.41. The Hall–Kier alpha value is -0.790. The molecule has 1 N–H and O–H groups in total. The van der Waals surface area contributed by atoms with E-state index in [1.54, 1.807) is 0 Å². The summed E-state index contributed by atoms with van der Waals surface area (Å²) in [6.45, 7) is 8.53. The van der Waals surface area contributed by atoms with Gasteiger partial charge in [-0.3, -0.25) is 4.79 Å². The van der Waals surface area contributed by atoms with Crippen LogP contribution >= 0.6 is 0 Å². The maximum atomic E-state index is 11.4. The van der Waals surface area contributed by atoms with Crippen molar-refractivity contribution in [2.45, 2.75) is 39.5 Å². The molecule has 1 unspecified atom stereocenters. The number of allylic oxidation sites excluding steroid dienone is 1. The Labute approximate surface area is 81.4 Å². The Morgan fingerprint density at radius 1 is 1.62 bits per heavy atom. The first-order valence-corrected chi connectivity index (χ1v) is 5.11. The Kier molecular flexibility index (Phi) is 7.36. The molecule has 0 bridgehead atoms. The van der Waals surface area contributed by atoms with Crippen molar-refractivity contribution in [1.82, 2.24) is 5.32 Å². The van der Waals surface area contributed by atoms with Gasteiger partial charge in [-0.1, -0.05) is 26.3 Å². The lowest BCUT2D eigenvalue weighted by Gasteiger charge is -2.10. The largest absolute Gasteiger partial charge is 0.356 e. The van der Waals surface area contributed by atoms with Crippen LogP contribution in [0.15, 0.2) is 12.7 Å². The van der Waals surface area contributed by atoms with E-state index in [2.05, 4.69) is 18.8 Å². The van der Waals surface area contributed by atoms with Gasteiger partial charge in [-0.05, 0) is 19.3 Å². The van der Waals surface area contributed by atoms with Gasteiger partial charge in [0.15, 0.2) is 0 Å². The number of unbranched alkanes of at least 4 members (excludes halogenated alkanes) is 1. The van der Waals surface area contributed by atoms with E-state index in [1.165, 1.54) is 0 Å². The van der Waals surface area contributed by atoms with Crippen molar-refractivity contribution in [3.05, 3.63) is 12.7 Å². The van der Waals surface area contributed by atoms with Crippen LogP contribution in [0.2, 0.25) is 0 Å². The van der Waals surface area contributed by atoms with Crippen LogP contribution in [-0.4, -0.2) is 12.5 Å². The molecule has 0 saturated carbocycles. The molecule has 2 heteroatoms. The zero-order chi connectivity index (χ0) is 10.1. The summed E-state index contributed by atoms with van der Waals surface area (Å²) >= 11 is 0. The van der Waals surface area contributed by atoms with Crippen molar-refractivity contribution in [3.8, 4) is 0 Å². The molecule has 1 atom stereocenters. The summed E-state index contributed by atoms with van der Waals surface area (Å²) < 4.78 is 0. The fourth-order valence-corrected chi connectivity index (χ4v) is 1.06. The average molecular weight is 183 g/mol. The van der Waals surface area contributed by atoms with Crippen LogP contribution in [-0.2, 0) is 4.79 Å². The van der Waals surface area contributed by atoms with E-state index < -0.39 is 0 Å². The molecule has 1 amide bonds. The molecule has 0 heterocycles. The quantitative estimate of drug-likeness (QED) is 0.477. The summed E-state index contributed by atoms with van der Waals surface area (Å²) in [5.41, 5.74) is 0. The molecule has 0 radical (unpaired) electrons. The van der Waals surface area contributed by atoms with Gasteiger partial charge in [0.1, 0.15) is 0 Å². The summed E-state index contributed by atoms with van der Waals surface area (Å²) in [7, 11) is 0. The van der Waals surface area contributed by atoms with Gasteiger partial charge < -0.3 is 5.32 Å². The molecule has 0 aromatic heterocycles. The molecule has 0 saturated heterocycles. The third-order valence-electron chi connectivity index (χ3n) is 2.08. The van der Waals surface area contributed by atoms with Crippen molar-refractivity contribution in [3.63, 3.8) is 0 Å². The Bertz CT molecular complexity index is 154. The van der Waals surface area contributed by atoms with Crippen molar-refractivity contribution < 1.29 is 4.79 Å². The van der Waals surface area contributed by atoms with Gasteiger partial charge in [-0.2, -0.15) is 0 Å². The van der Waals surface area contributed by atoms with E-state index in [4.69, 9.17) is 0 Å². The molecule has 0 aromatic carbocycles. The van der Waals surface area contributed by atoms with Gasteiger partial charge in [0.25, 0.3) is 0 Å². The first-order chi connectivity index (χ1) is 6.22. The van der Waals surface area contributed by atoms with E-state index in [1.807, 2.05) is 13.0 Å². The maximum absolute atomic E-state index is 11.4. The predicted molar refractivity (Wildman–Crippen MR) is 56.5 cm³/mol. The molecule has 0 fully saturated rings. The molecule has 0 aliphatic carbocycles. The van der Waals surface area contributed by atoms with Crippen molar-refractivity contribution in [2.75, 3.05) is 6.54 Å². The normalized spacial score (nSPS) is 12.2. The van der Waals surface area contributed by atoms with Crippen molar-refractivity contribution >= 4 is 5.91 Å². The van der Waals surface area contributed by atoms with Crippen LogP contribution in [0, 0.1) is 5.92 Å². The summed E-state index contributed by atoms with van der Waals surface area (Å²) in [5, 5.41) is 2.92. The van der Waals surface area contributed by atoms with Crippen LogP contribution in [0.5, 0.6) is 0 Å². The van der Waals surface area contributed by atoms with Gasteiger partial charge in [-0.25, -0.2) is 0 Å². The summed E-state index contributed by atoms with van der Waals surface area (Å²) in [6, 6.07) is 0. The van der Waals surface area contributed by atoms with Gasteiger partial charge in [-0.15, -0.1) is 6.58 Å². The van der Waals surface area contributed by atoms with Gasteiger partial charge >= 0.3 is 0 Å². The third-order valence-corrected chi connectivity index (χ3v) is 2.08. The van der Waals surface area contributed by atoms with Crippen LogP contribution in [0.3, 0.4) is 0 Å². The summed E-state index contributed by atoms with van der Waals surface area (Å²) in [6.07, 6.45) is 5.88. The minimum Gasteiger partial charge on any atom is -0.356 e. The van der Waals surface area contributed by atoms with Crippen molar-refractivity contribution in [2.24, 2.45) is 5.92 Å². The van der Waals surface area contributed by atoms with E-state index >= 15 is 0 Å². The van der Waals surface area contributed by atoms with E-state index in [9.17, 15) is 4.79 Å². The topological polar surface area (TPSA) is 29.1 Å². The molecule has 2 nitrogen and oxygen atoms in total. The number of rotatable bonds is 7. The lowest BCUT2D eigenvalue weighted by molar-refractivity contribution is -0.124.